The summed E-state index contributed by atoms with van der Waals surface area (Å²) in [6.07, 6.45) is 4.85. The minimum atomic E-state index is -0.362. The molecule has 4 heterocycles. The molecule has 0 saturated carbocycles. The number of nitrogens with one attached hydrogen (secondary N) is 2. The van der Waals surface area contributed by atoms with E-state index in [4.69, 9.17) is 5.26 Å². The quantitative estimate of drug-likeness (QED) is 0.574. The van der Waals surface area contributed by atoms with Gasteiger partial charge in [-0.15, -0.1) is 0 Å². The van der Waals surface area contributed by atoms with Crippen LogP contribution >= 0.6 is 0 Å². The van der Waals surface area contributed by atoms with Crippen molar-refractivity contribution in [3.63, 3.8) is 0 Å². The lowest BCUT2D eigenvalue weighted by molar-refractivity contribution is -0.131. The molecule has 0 aliphatic carbocycles. The van der Waals surface area contributed by atoms with Gasteiger partial charge < -0.3 is 20.4 Å². The van der Waals surface area contributed by atoms with Crippen LogP contribution in [0.4, 0.5) is 5.69 Å². The molecule has 176 valence electrons. The van der Waals surface area contributed by atoms with Gasteiger partial charge in [-0.05, 0) is 33.0 Å². The van der Waals surface area contributed by atoms with E-state index < -0.39 is 0 Å². The van der Waals surface area contributed by atoms with Crippen LogP contribution in [0, 0.1) is 11.3 Å². The normalized spacial score (nSPS) is 14.3. The first kappa shape index (κ1) is 23.2. The number of pyridine rings is 2. The number of carbonyl (C=O) groups is 2. The van der Waals surface area contributed by atoms with E-state index in [0.29, 0.717) is 41.4 Å². The van der Waals surface area contributed by atoms with Crippen LogP contribution in [0.5, 0.6) is 0 Å². The maximum Gasteiger partial charge on any atom is 0.255 e. The van der Waals surface area contributed by atoms with Crippen molar-refractivity contribution in [2.24, 2.45) is 0 Å². The standard InChI is InChI=1S/C24H28N8O2/c1-16(2)29-20-11-21(32-5-4-18-10-17(12-25)13-27-23(18)32)26-14-19(20)24(34)28-15-22(33)31-8-6-30(3)7-9-31/h4-5,10-11,13-14,16H,6-9,15H2,1-3H3,(H,26,29)(H,28,34). The molecule has 1 aliphatic heterocycles. The summed E-state index contributed by atoms with van der Waals surface area (Å²) in [5.41, 5.74) is 2.12. The fourth-order valence-electron chi connectivity index (χ4n) is 3.88. The summed E-state index contributed by atoms with van der Waals surface area (Å²) in [4.78, 5) is 38.3. The Bertz CT molecular complexity index is 1250. The summed E-state index contributed by atoms with van der Waals surface area (Å²) in [6.45, 7) is 6.89. The molecule has 3 aromatic heterocycles. The van der Waals surface area contributed by atoms with Gasteiger partial charge in [-0.25, -0.2) is 9.97 Å². The number of amides is 2. The lowest BCUT2D eigenvalue weighted by Gasteiger charge is -2.32. The lowest BCUT2D eigenvalue weighted by Crippen LogP contribution is -2.50. The van der Waals surface area contributed by atoms with Gasteiger partial charge in [-0.3, -0.25) is 14.2 Å². The summed E-state index contributed by atoms with van der Waals surface area (Å²) in [7, 11) is 2.03. The van der Waals surface area contributed by atoms with Gasteiger partial charge in [0.1, 0.15) is 17.5 Å². The summed E-state index contributed by atoms with van der Waals surface area (Å²) in [6, 6.07) is 7.59. The largest absolute Gasteiger partial charge is 0.382 e. The van der Waals surface area contributed by atoms with Crippen molar-refractivity contribution in [1.29, 1.82) is 5.26 Å². The van der Waals surface area contributed by atoms with E-state index in [2.05, 4.69) is 31.6 Å². The Hall–Kier alpha value is -3.97. The van der Waals surface area contributed by atoms with Crippen LogP contribution in [-0.4, -0.2) is 82.0 Å². The minimum absolute atomic E-state index is 0.0567. The molecule has 2 amide bonds. The third kappa shape index (κ3) is 5.00. The Kier molecular flexibility index (Phi) is 6.75. The van der Waals surface area contributed by atoms with E-state index in [-0.39, 0.29) is 24.4 Å². The second-order valence-electron chi connectivity index (χ2n) is 8.69. The smallest absolute Gasteiger partial charge is 0.255 e. The Morgan fingerprint density at radius 2 is 1.91 bits per heavy atom. The van der Waals surface area contributed by atoms with Gasteiger partial charge in [0.25, 0.3) is 5.91 Å². The Morgan fingerprint density at radius 3 is 2.62 bits per heavy atom. The monoisotopic (exact) mass is 460 g/mol. The Morgan fingerprint density at radius 1 is 1.15 bits per heavy atom. The SMILES string of the molecule is CC(C)Nc1cc(-n2ccc3cc(C#N)cnc32)ncc1C(=O)NCC(=O)N1CCN(C)CC1. The fraction of sp³-hybridized carbons (Fsp3) is 0.375. The molecule has 0 radical (unpaired) electrons. The third-order valence-corrected chi connectivity index (χ3v) is 5.74. The number of piperazine rings is 1. The Labute approximate surface area is 198 Å². The summed E-state index contributed by atoms with van der Waals surface area (Å²) in [5, 5.41) is 16.0. The molecule has 0 aromatic carbocycles. The fourth-order valence-corrected chi connectivity index (χ4v) is 3.88. The van der Waals surface area contributed by atoms with Crippen LogP contribution in [0.1, 0.15) is 29.8 Å². The molecule has 1 fully saturated rings. The highest BCUT2D eigenvalue weighted by Crippen LogP contribution is 2.23. The second kappa shape index (κ2) is 9.89. The number of anilines is 1. The summed E-state index contributed by atoms with van der Waals surface area (Å²) in [5.74, 6) is 0.130. The molecule has 1 saturated heterocycles. The van der Waals surface area contributed by atoms with E-state index >= 15 is 0 Å². The summed E-state index contributed by atoms with van der Waals surface area (Å²) >= 11 is 0. The van der Waals surface area contributed by atoms with Gasteiger partial charge in [-0.1, -0.05) is 0 Å². The summed E-state index contributed by atoms with van der Waals surface area (Å²) < 4.78 is 1.81. The van der Waals surface area contributed by atoms with Crippen molar-refractivity contribution in [3.05, 3.63) is 47.9 Å². The molecule has 0 atom stereocenters. The molecular weight excluding hydrogens is 432 g/mol. The van der Waals surface area contributed by atoms with Crippen molar-refractivity contribution in [2.45, 2.75) is 19.9 Å². The van der Waals surface area contributed by atoms with Gasteiger partial charge in [0, 0.05) is 62.3 Å². The van der Waals surface area contributed by atoms with Gasteiger partial charge in [0.15, 0.2) is 0 Å². The first-order valence-corrected chi connectivity index (χ1v) is 11.2. The Balaban J connectivity index is 1.54. The van der Waals surface area contributed by atoms with Crippen LogP contribution < -0.4 is 10.6 Å². The van der Waals surface area contributed by atoms with Crippen LogP contribution in [0.25, 0.3) is 16.9 Å². The average molecular weight is 461 g/mol. The van der Waals surface area contributed by atoms with Crippen molar-refractivity contribution in [1.82, 2.24) is 29.7 Å². The van der Waals surface area contributed by atoms with Crippen molar-refractivity contribution in [2.75, 3.05) is 45.1 Å². The van der Waals surface area contributed by atoms with E-state index in [1.807, 2.05) is 33.2 Å². The molecule has 34 heavy (non-hydrogen) atoms. The molecule has 10 nitrogen and oxygen atoms in total. The molecule has 0 spiro atoms. The maximum atomic E-state index is 12.9. The zero-order valence-corrected chi connectivity index (χ0v) is 19.6. The molecule has 1 aliphatic rings. The zero-order chi connectivity index (χ0) is 24.2. The lowest BCUT2D eigenvalue weighted by atomic mass is 10.2. The number of fused-ring (bicyclic) bond motifs is 1. The zero-order valence-electron chi connectivity index (χ0n) is 19.6. The average Bonchev–Trinajstić information content (AvgIpc) is 3.25. The van der Waals surface area contributed by atoms with E-state index in [9.17, 15) is 9.59 Å². The highest BCUT2D eigenvalue weighted by atomic mass is 16.2. The van der Waals surface area contributed by atoms with Crippen molar-refractivity contribution >= 4 is 28.5 Å². The number of carbonyl (C=O) groups excluding carboxylic acids is 2. The number of hydrogen-bond donors (Lipinski definition) is 2. The van der Waals surface area contributed by atoms with Crippen molar-refractivity contribution < 1.29 is 9.59 Å². The van der Waals surface area contributed by atoms with Crippen LogP contribution in [0.3, 0.4) is 0 Å². The maximum absolute atomic E-state index is 12.9. The second-order valence-corrected chi connectivity index (χ2v) is 8.69. The van der Waals surface area contributed by atoms with Gasteiger partial charge in [-0.2, -0.15) is 5.26 Å². The van der Waals surface area contributed by atoms with E-state index in [1.54, 1.807) is 21.6 Å². The van der Waals surface area contributed by atoms with Gasteiger partial charge >= 0.3 is 0 Å². The van der Waals surface area contributed by atoms with Gasteiger partial charge in [0.2, 0.25) is 5.91 Å². The molecule has 3 aromatic rings. The predicted octanol–water partition coefficient (Wildman–Crippen LogP) is 1.62. The molecule has 0 unspecified atom stereocenters. The van der Waals surface area contributed by atoms with E-state index in [1.165, 1.54) is 12.4 Å². The number of likely N-dealkylation sites (N-methyl/N-ethyl adjacent to an activating group) is 1. The molecule has 0 bridgehead atoms. The number of rotatable bonds is 6. The number of nitrogens with zero attached hydrogens (tertiary/aromatic N) is 6. The number of aromatic nitrogens is 3. The highest BCUT2D eigenvalue weighted by molar-refractivity contribution is 6.01. The molecule has 10 heteroatoms. The van der Waals surface area contributed by atoms with Crippen LogP contribution in [0.2, 0.25) is 0 Å². The van der Waals surface area contributed by atoms with Crippen molar-refractivity contribution in [3.8, 4) is 11.9 Å². The highest BCUT2D eigenvalue weighted by Gasteiger charge is 2.21. The number of hydrogen-bond acceptors (Lipinski definition) is 7. The first-order valence-electron chi connectivity index (χ1n) is 11.2. The van der Waals surface area contributed by atoms with Crippen LogP contribution in [-0.2, 0) is 4.79 Å². The molecule has 2 N–H and O–H groups in total. The number of nitriles is 1. The predicted molar refractivity (Wildman–Crippen MR) is 129 cm³/mol. The topological polar surface area (TPSA) is 119 Å². The third-order valence-electron chi connectivity index (χ3n) is 5.74. The molecular formula is C24H28N8O2. The minimum Gasteiger partial charge on any atom is -0.382 e. The molecule has 4 rings (SSSR count). The van der Waals surface area contributed by atoms with E-state index in [0.717, 1.165) is 18.5 Å². The first-order chi connectivity index (χ1) is 16.4. The van der Waals surface area contributed by atoms with Crippen LogP contribution in [0.15, 0.2) is 36.8 Å². The van der Waals surface area contributed by atoms with Gasteiger partial charge in [0.05, 0.1) is 23.4 Å².